The molecule has 0 aromatic carbocycles. The quantitative estimate of drug-likeness (QED) is 0.169. The lowest BCUT2D eigenvalue weighted by molar-refractivity contribution is 0.804. The van der Waals surface area contributed by atoms with E-state index in [1.165, 1.54) is 0 Å². The lowest BCUT2D eigenvalue weighted by atomic mass is 10.6. The molecule has 0 atom stereocenters. The summed E-state index contributed by atoms with van der Waals surface area (Å²) in [6.45, 7) is 4.11. The van der Waals surface area contributed by atoms with E-state index in [9.17, 15) is 0 Å². The molecule has 0 radical (unpaired) electrons. The van der Waals surface area contributed by atoms with E-state index >= 15 is 0 Å². The molecule has 0 aromatic rings. The highest BCUT2D eigenvalue weighted by atomic mass is 32.1. The van der Waals surface area contributed by atoms with Crippen LogP contribution >= 0.6 is 24.4 Å². The van der Waals surface area contributed by atoms with E-state index in [1.54, 1.807) is 6.08 Å². The van der Waals surface area contributed by atoms with Crippen LogP contribution in [0.1, 0.15) is 0 Å². The van der Waals surface area contributed by atoms with E-state index in [-0.39, 0.29) is 5.11 Å². The second-order valence-corrected chi connectivity index (χ2v) is 2.54. The summed E-state index contributed by atoms with van der Waals surface area (Å²) in [5.74, 6) is 4.98. The smallest absolute Gasteiger partial charge is 0.199 e. The van der Waals surface area contributed by atoms with Gasteiger partial charge in [0, 0.05) is 6.54 Å². The summed E-state index contributed by atoms with van der Waals surface area (Å²) >= 11 is 9.49. The van der Waals surface area contributed by atoms with E-state index < -0.39 is 0 Å². The lowest BCUT2D eigenvalue weighted by Crippen LogP contribution is -2.51. The molecule has 0 spiro atoms. The van der Waals surface area contributed by atoms with Crippen LogP contribution in [0.5, 0.6) is 0 Å². The van der Waals surface area contributed by atoms with Crippen LogP contribution in [0, 0.1) is 0 Å². The predicted octanol–water partition coefficient (Wildman–Crippen LogP) is -1.11. The van der Waals surface area contributed by atoms with Crippen LogP contribution < -0.4 is 27.4 Å². The Morgan fingerprint density at radius 1 is 1.33 bits per heavy atom. The first kappa shape index (κ1) is 11.1. The Morgan fingerprint density at radius 3 is 2.42 bits per heavy atom. The standard InChI is InChI=1S/C5H11N5S2/c1-2-3-7-4(11)9-10-5(12)8-6/h2H,1,3,6H2,(H2,7,9,11)(H2,8,10,12). The first-order chi connectivity index (χ1) is 5.70. The Morgan fingerprint density at radius 2 is 1.92 bits per heavy atom. The molecule has 0 aliphatic rings. The van der Waals surface area contributed by atoms with Crippen LogP contribution in [0.2, 0.25) is 0 Å². The van der Waals surface area contributed by atoms with Gasteiger partial charge in [-0.1, -0.05) is 6.08 Å². The van der Waals surface area contributed by atoms with Gasteiger partial charge in [0.15, 0.2) is 10.2 Å². The normalized spacial score (nSPS) is 8.08. The summed E-state index contributed by atoms with van der Waals surface area (Å²) in [5, 5.41) is 3.51. The monoisotopic (exact) mass is 205 g/mol. The third-order valence-corrected chi connectivity index (χ3v) is 1.29. The third-order valence-electron chi connectivity index (χ3n) is 0.828. The molecule has 0 heterocycles. The van der Waals surface area contributed by atoms with Gasteiger partial charge in [-0.15, -0.1) is 6.58 Å². The van der Waals surface area contributed by atoms with Crippen LogP contribution in [0.15, 0.2) is 12.7 Å². The topological polar surface area (TPSA) is 74.1 Å². The summed E-state index contributed by atoms with van der Waals surface area (Å²) < 4.78 is 0. The van der Waals surface area contributed by atoms with Crippen LogP contribution in [-0.2, 0) is 0 Å². The fourth-order valence-electron chi connectivity index (χ4n) is 0.359. The van der Waals surface area contributed by atoms with Crippen molar-refractivity contribution in [1.29, 1.82) is 0 Å². The Kier molecular flexibility index (Phi) is 6.25. The minimum absolute atomic E-state index is 0.262. The van der Waals surface area contributed by atoms with Gasteiger partial charge in [-0.25, -0.2) is 5.84 Å². The average Bonchev–Trinajstić information content (AvgIpc) is 2.10. The predicted molar refractivity (Wildman–Crippen MR) is 57.0 cm³/mol. The highest BCUT2D eigenvalue weighted by Crippen LogP contribution is 1.64. The number of hydrogen-bond donors (Lipinski definition) is 5. The molecule has 0 unspecified atom stereocenters. The van der Waals surface area contributed by atoms with Crippen molar-refractivity contribution in [2.24, 2.45) is 5.84 Å². The fraction of sp³-hybridized carbons (Fsp3) is 0.200. The number of nitrogens with two attached hydrogens (primary N) is 1. The van der Waals surface area contributed by atoms with Crippen molar-refractivity contribution in [2.45, 2.75) is 0 Å². The fourth-order valence-corrected chi connectivity index (χ4v) is 0.544. The first-order valence-electron chi connectivity index (χ1n) is 3.12. The Labute approximate surface area is 81.7 Å². The van der Waals surface area contributed by atoms with Gasteiger partial charge in [-0.2, -0.15) is 0 Å². The molecule has 0 aliphatic carbocycles. The molecule has 0 fully saturated rings. The third kappa shape index (κ3) is 5.83. The van der Waals surface area contributed by atoms with Gasteiger partial charge < -0.3 is 5.32 Å². The van der Waals surface area contributed by atoms with Crippen LogP contribution in [0.3, 0.4) is 0 Å². The van der Waals surface area contributed by atoms with Gasteiger partial charge >= 0.3 is 0 Å². The average molecular weight is 205 g/mol. The number of hydrazine groups is 2. The van der Waals surface area contributed by atoms with Gasteiger partial charge in [0.25, 0.3) is 0 Å². The minimum Gasteiger partial charge on any atom is -0.358 e. The second kappa shape index (κ2) is 6.77. The summed E-state index contributed by atoms with van der Waals surface area (Å²) in [5.41, 5.74) is 7.38. The van der Waals surface area contributed by atoms with Crippen molar-refractivity contribution >= 4 is 34.7 Å². The van der Waals surface area contributed by atoms with E-state index in [0.29, 0.717) is 11.7 Å². The molecule has 0 saturated heterocycles. The Bertz CT molecular complexity index is 181. The highest BCUT2D eigenvalue weighted by molar-refractivity contribution is 7.80. The molecule has 12 heavy (non-hydrogen) atoms. The Hall–Kier alpha value is -0.920. The van der Waals surface area contributed by atoms with Crippen LogP contribution in [0.4, 0.5) is 0 Å². The zero-order chi connectivity index (χ0) is 9.40. The van der Waals surface area contributed by atoms with Crippen molar-refractivity contribution < 1.29 is 0 Å². The molecular weight excluding hydrogens is 194 g/mol. The first-order valence-corrected chi connectivity index (χ1v) is 3.93. The molecule has 7 heteroatoms. The lowest BCUT2D eigenvalue weighted by Gasteiger charge is -2.10. The molecule has 0 bridgehead atoms. The number of thiocarbonyl (C=S) groups is 2. The molecule has 5 nitrogen and oxygen atoms in total. The van der Waals surface area contributed by atoms with Gasteiger partial charge in [-0.05, 0) is 24.4 Å². The summed E-state index contributed by atoms with van der Waals surface area (Å²) in [7, 11) is 0. The van der Waals surface area contributed by atoms with Crippen molar-refractivity contribution in [3.05, 3.63) is 12.7 Å². The number of nitrogens with one attached hydrogen (secondary N) is 4. The highest BCUT2D eigenvalue weighted by Gasteiger charge is 1.92. The van der Waals surface area contributed by atoms with Crippen molar-refractivity contribution in [2.75, 3.05) is 6.54 Å². The summed E-state index contributed by atoms with van der Waals surface area (Å²) in [6, 6.07) is 0. The van der Waals surface area contributed by atoms with E-state index in [1.807, 2.05) is 0 Å². The van der Waals surface area contributed by atoms with E-state index in [2.05, 4.69) is 40.4 Å². The van der Waals surface area contributed by atoms with Crippen LogP contribution in [-0.4, -0.2) is 16.8 Å². The largest absolute Gasteiger partial charge is 0.358 e. The van der Waals surface area contributed by atoms with Crippen molar-refractivity contribution in [3.63, 3.8) is 0 Å². The maximum absolute atomic E-state index is 4.98. The van der Waals surface area contributed by atoms with Crippen molar-refractivity contribution in [1.82, 2.24) is 21.6 Å². The maximum atomic E-state index is 4.98. The van der Waals surface area contributed by atoms with E-state index in [0.717, 1.165) is 0 Å². The van der Waals surface area contributed by atoms with E-state index in [4.69, 9.17) is 18.1 Å². The number of rotatable bonds is 2. The Balaban J connectivity index is 3.43. The SMILES string of the molecule is C=CCNC(=S)NNC(=S)NN. The molecule has 0 aromatic heterocycles. The molecule has 0 aliphatic heterocycles. The molecule has 6 N–H and O–H groups in total. The minimum atomic E-state index is 0.262. The second-order valence-electron chi connectivity index (χ2n) is 1.72. The molecule has 0 saturated carbocycles. The summed E-state index contributed by atoms with van der Waals surface area (Å²) in [4.78, 5) is 0. The van der Waals surface area contributed by atoms with Gasteiger partial charge in [0.1, 0.15) is 0 Å². The van der Waals surface area contributed by atoms with Gasteiger partial charge in [-0.3, -0.25) is 16.3 Å². The summed E-state index contributed by atoms with van der Waals surface area (Å²) in [6.07, 6.45) is 1.69. The number of hydrogen-bond acceptors (Lipinski definition) is 3. The van der Waals surface area contributed by atoms with Gasteiger partial charge in [0.05, 0.1) is 0 Å². The van der Waals surface area contributed by atoms with Crippen molar-refractivity contribution in [3.8, 4) is 0 Å². The zero-order valence-electron chi connectivity index (χ0n) is 6.39. The molecule has 0 rings (SSSR count). The van der Waals surface area contributed by atoms with Gasteiger partial charge in [0.2, 0.25) is 0 Å². The zero-order valence-corrected chi connectivity index (χ0v) is 8.02. The maximum Gasteiger partial charge on any atom is 0.199 e. The molecular formula is C5H11N5S2. The molecule has 0 amide bonds. The van der Waals surface area contributed by atoms with Crippen LogP contribution in [0.25, 0.3) is 0 Å². The molecule has 68 valence electrons.